The molecule has 0 saturated heterocycles. The number of halogens is 1. The first-order chi connectivity index (χ1) is 15.0. The summed E-state index contributed by atoms with van der Waals surface area (Å²) in [5.74, 6) is -2.12. The minimum atomic E-state index is -0.969. The zero-order valence-electron chi connectivity index (χ0n) is 17.7. The summed E-state index contributed by atoms with van der Waals surface area (Å²) < 4.78 is 20.0. The number of nitrogens with zero attached hydrogens (tertiary/aromatic N) is 3. The number of carbonyl (C=O) groups excluding carboxylic acids is 2. The van der Waals surface area contributed by atoms with Crippen molar-refractivity contribution in [1.29, 1.82) is 0 Å². The second-order valence-corrected chi connectivity index (χ2v) is 7.10. The normalized spacial score (nSPS) is 11.7. The van der Waals surface area contributed by atoms with Gasteiger partial charge < -0.3 is 9.64 Å². The van der Waals surface area contributed by atoms with E-state index in [-0.39, 0.29) is 24.8 Å². The van der Waals surface area contributed by atoms with E-state index in [1.807, 2.05) is 37.3 Å². The highest BCUT2D eigenvalue weighted by Gasteiger charge is 2.32. The summed E-state index contributed by atoms with van der Waals surface area (Å²) >= 11 is 0. The molecular formula is C24H26FN3O3. The van der Waals surface area contributed by atoms with E-state index < -0.39 is 11.9 Å². The zero-order chi connectivity index (χ0) is 22.2. The van der Waals surface area contributed by atoms with E-state index in [1.54, 1.807) is 41.0 Å². The lowest BCUT2D eigenvalue weighted by molar-refractivity contribution is -0.151. The highest BCUT2D eigenvalue weighted by atomic mass is 19.1. The first-order valence-corrected chi connectivity index (χ1v) is 10.3. The van der Waals surface area contributed by atoms with Crippen LogP contribution in [-0.2, 0) is 27.3 Å². The van der Waals surface area contributed by atoms with Gasteiger partial charge in [0.15, 0.2) is 0 Å². The Morgan fingerprint density at radius 2 is 1.77 bits per heavy atom. The molecule has 2 aromatic carbocycles. The second-order valence-electron chi connectivity index (χ2n) is 7.10. The van der Waals surface area contributed by atoms with Crippen LogP contribution >= 0.6 is 0 Å². The summed E-state index contributed by atoms with van der Waals surface area (Å²) in [7, 11) is 0. The summed E-state index contributed by atoms with van der Waals surface area (Å²) in [6.07, 6.45) is 3.62. The van der Waals surface area contributed by atoms with Crippen molar-refractivity contribution in [3.8, 4) is 0 Å². The molecular weight excluding hydrogens is 397 g/mol. The Bertz CT molecular complexity index is 1000. The van der Waals surface area contributed by atoms with E-state index in [0.29, 0.717) is 13.1 Å². The van der Waals surface area contributed by atoms with Gasteiger partial charge in [-0.25, -0.2) is 4.39 Å². The summed E-state index contributed by atoms with van der Waals surface area (Å²) in [6.45, 7) is 4.68. The molecule has 1 atom stereocenters. The standard InChI is InChI=1S/C24H26FN3O3/c1-3-28(21-8-6-5-7-9-21)23(29)22(24(30)31-4-2)14-19-15-26-27(17-19)16-18-10-12-20(25)13-11-18/h5-13,15,17,22H,3-4,14,16H2,1-2H3. The molecule has 3 rings (SSSR count). The second kappa shape index (κ2) is 10.5. The molecule has 31 heavy (non-hydrogen) atoms. The Morgan fingerprint density at radius 3 is 2.42 bits per heavy atom. The number of hydrogen-bond donors (Lipinski definition) is 0. The van der Waals surface area contributed by atoms with Gasteiger partial charge in [-0.3, -0.25) is 14.3 Å². The summed E-state index contributed by atoms with van der Waals surface area (Å²) in [5.41, 5.74) is 2.38. The SMILES string of the molecule is CCOC(=O)C(Cc1cnn(Cc2ccc(F)cc2)c1)C(=O)N(CC)c1ccccc1. The molecule has 1 heterocycles. The van der Waals surface area contributed by atoms with E-state index in [9.17, 15) is 14.0 Å². The van der Waals surface area contributed by atoms with Gasteiger partial charge in [-0.2, -0.15) is 5.10 Å². The van der Waals surface area contributed by atoms with Crippen molar-refractivity contribution in [3.05, 3.63) is 83.9 Å². The van der Waals surface area contributed by atoms with E-state index in [1.165, 1.54) is 12.1 Å². The van der Waals surface area contributed by atoms with Gasteiger partial charge in [0.2, 0.25) is 5.91 Å². The lowest BCUT2D eigenvalue weighted by atomic mass is 9.99. The molecule has 0 saturated carbocycles. The maximum atomic E-state index is 13.3. The van der Waals surface area contributed by atoms with Gasteiger partial charge >= 0.3 is 5.97 Å². The van der Waals surface area contributed by atoms with Crippen LogP contribution in [0.15, 0.2) is 67.0 Å². The number of carbonyl (C=O) groups is 2. The lowest BCUT2D eigenvalue weighted by Crippen LogP contribution is -2.41. The molecule has 0 aliphatic carbocycles. The number of aromatic nitrogens is 2. The summed E-state index contributed by atoms with van der Waals surface area (Å²) in [5, 5.41) is 4.32. The van der Waals surface area contributed by atoms with Crippen LogP contribution in [-0.4, -0.2) is 34.8 Å². The van der Waals surface area contributed by atoms with Crippen LogP contribution in [0, 0.1) is 11.7 Å². The van der Waals surface area contributed by atoms with Gasteiger partial charge in [-0.1, -0.05) is 30.3 Å². The third-order valence-electron chi connectivity index (χ3n) is 4.90. The Kier molecular flexibility index (Phi) is 7.54. The minimum absolute atomic E-state index is 0.185. The molecule has 0 N–H and O–H groups in total. The van der Waals surface area contributed by atoms with E-state index in [2.05, 4.69) is 5.10 Å². The van der Waals surface area contributed by atoms with E-state index in [4.69, 9.17) is 4.74 Å². The van der Waals surface area contributed by atoms with Crippen LogP contribution in [0.5, 0.6) is 0 Å². The van der Waals surface area contributed by atoms with Gasteiger partial charge in [0.25, 0.3) is 0 Å². The van der Waals surface area contributed by atoms with E-state index >= 15 is 0 Å². The van der Waals surface area contributed by atoms with Crippen LogP contribution in [0.3, 0.4) is 0 Å². The van der Waals surface area contributed by atoms with Crippen molar-refractivity contribution >= 4 is 17.6 Å². The first kappa shape index (κ1) is 22.2. The summed E-state index contributed by atoms with van der Waals surface area (Å²) in [4.78, 5) is 27.5. The Labute approximate surface area is 181 Å². The van der Waals surface area contributed by atoms with Crippen LogP contribution < -0.4 is 4.90 Å². The molecule has 0 spiro atoms. The van der Waals surface area contributed by atoms with Crippen molar-refractivity contribution in [1.82, 2.24) is 9.78 Å². The van der Waals surface area contributed by atoms with Gasteiger partial charge in [-0.05, 0) is 55.7 Å². The average molecular weight is 423 g/mol. The van der Waals surface area contributed by atoms with Gasteiger partial charge in [0, 0.05) is 18.4 Å². The van der Waals surface area contributed by atoms with E-state index in [0.717, 1.165) is 16.8 Å². The number of benzene rings is 2. The lowest BCUT2D eigenvalue weighted by Gasteiger charge is -2.25. The number of esters is 1. The highest BCUT2D eigenvalue weighted by Crippen LogP contribution is 2.20. The Hall–Kier alpha value is -3.48. The van der Waals surface area contributed by atoms with Crippen LogP contribution in [0.25, 0.3) is 0 Å². The molecule has 1 amide bonds. The van der Waals surface area contributed by atoms with Crippen molar-refractivity contribution < 1.29 is 18.7 Å². The molecule has 0 bridgehead atoms. The van der Waals surface area contributed by atoms with Gasteiger partial charge in [0.1, 0.15) is 11.7 Å². The van der Waals surface area contributed by atoms with Crippen LogP contribution in [0.1, 0.15) is 25.0 Å². The molecule has 0 fully saturated rings. The number of para-hydroxylation sites is 1. The predicted molar refractivity (Wildman–Crippen MR) is 116 cm³/mol. The number of rotatable bonds is 9. The molecule has 3 aromatic rings. The molecule has 0 radical (unpaired) electrons. The van der Waals surface area contributed by atoms with Crippen molar-refractivity contribution in [2.45, 2.75) is 26.8 Å². The fraction of sp³-hybridized carbons (Fsp3) is 0.292. The van der Waals surface area contributed by atoms with Crippen molar-refractivity contribution in [3.63, 3.8) is 0 Å². The topological polar surface area (TPSA) is 64.4 Å². The smallest absolute Gasteiger partial charge is 0.318 e. The Balaban J connectivity index is 1.78. The fourth-order valence-electron chi connectivity index (χ4n) is 3.39. The highest BCUT2D eigenvalue weighted by molar-refractivity contribution is 6.06. The first-order valence-electron chi connectivity index (χ1n) is 10.3. The molecule has 6 nitrogen and oxygen atoms in total. The quantitative estimate of drug-likeness (QED) is 0.387. The molecule has 0 aliphatic heterocycles. The largest absolute Gasteiger partial charge is 0.465 e. The third kappa shape index (κ3) is 5.78. The molecule has 0 aliphatic rings. The minimum Gasteiger partial charge on any atom is -0.465 e. The molecule has 1 unspecified atom stereocenters. The van der Waals surface area contributed by atoms with Crippen molar-refractivity contribution in [2.24, 2.45) is 5.92 Å². The number of hydrogen-bond acceptors (Lipinski definition) is 4. The van der Waals surface area contributed by atoms with Crippen molar-refractivity contribution in [2.75, 3.05) is 18.1 Å². The monoisotopic (exact) mass is 423 g/mol. The number of ether oxygens (including phenoxy) is 1. The van der Waals surface area contributed by atoms with Gasteiger partial charge in [0.05, 0.1) is 19.3 Å². The zero-order valence-corrected chi connectivity index (χ0v) is 17.7. The van der Waals surface area contributed by atoms with Gasteiger partial charge in [-0.15, -0.1) is 0 Å². The maximum absolute atomic E-state index is 13.3. The predicted octanol–water partition coefficient (Wildman–Crippen LogP) is 3.85. The average Bonchev–Trinajstić information content (AvgIpc) is 3.22. The Morgan fingerprint density at radius 1 is 1.06 bits per heavy atom. The number of anilines is 1. The molecule has 1 aromatic heterocycles. The maximum Gasteiger partial charge on any atom is 0.318 e. The number of amides is 1. The fourth-order valence-corrected chi connectivity index (χ4v) is 3.39. The molecule has 162 valence electrons. The summed E-state index contributed by atoms with van der Waals surface area (Å²) in [6, 6.07) is 15.4. The van der Waals surface area contributed by atoms with Crippen LogP contribution in [0.2, 0.25) is 0 Å². The molecule has 7 heteroatoms. The van der Waals surface area contributed by atoms with Crippen LogP contribution in [0.4, 0.5) is 10.1 Å². The third-order valence-corrected chi connectivity index (χ3v) is 4.90.